The molecule has 1 aromatic carbocycles. The Morgan fingerprint density at radius 1 is 0.907 bits per heavy atom. The monoisotopic (exact) mass is 594 g/mol. The van der Waals surface area contributed by atoms with Crippen LogP contribution in [-0.2, 0) is 9.59 Å². The molecule has 2 saturated heterocycles. The van der Waals surface area contributed by atoms with E-state index in [1.165, 1.54) is 0 Å². The quantitative estimate of drug-likeness (QED) is 0.365. The predicted molar refractivity (Wildman–Crippen MR) is 169 cm³/mol. The van der Waals surface area contributed by atoms with Crippen molar-refractivity contribution >= 4 is 17.5 Å². The molecule has 0 N–H and O–H groups in total. The molecule has 10 nitrogen and oxygen atoms in total. The van der Waals surface area contributed by atoms with E-state index >= 15 is 0 Å². The molecule has 0 spiro atoms. The fraction of sp³-hybridized carbons (Fsp3) is 0.667. The third kappa shape index (κ3) is 7.59. The lowest BCUT2D eigenvalue weighted by atomic mass is 9.76. The van der Waals surface area contributed by atoms with Crippen LogP contribution in [0.1, 0.15) is 45.1 Å². The number of allylic oxidation sites excluding steroid dienone is 2. The highest BCUT2D eigenvalue weighted by Gasteiger charge is 2.43. The van der Waals surface area contributed by atoms with E-state index in [2.05, 4.69) is 40.9 Å². The maximum Gasteiger partial charge on any atom is 0.247 e. The molecule has 0 unspecified atom stereocenters. The molecule has 2 amide bonds. The predicted octanol–water partition coefficient (Wildman–Crippen LogP) is 2.78. The number of hydrazone groups is 1. The van der Waals surface area contributed by atoms with Crippen molar-refractivity contribution in [1.29, 1.82) is 0 Å². The number of hydrogen-bond acceptors (Lipinski definition) is 8. The van der Waals surface area contributed by atoms with Gasteiger partial charge >= 0.3 is 0 Å². The van der Waals surface area contributed by atoms with Gasteiger partial charge in [0.2, 0.25) is 11.8 Å². The van der Waals surface area contributed by atoms with E-state index in [1.54, 1.807) is 5.01 Å². The minimum Gasteiger partial charge on any atom is -0.490 e. The molecule has 4 aliphatic rings. The highest BCUT2D eigenvalue weighted by atomic mass is 16.5. The fourth-order valence-electron chi connectivity index (χ4n) is 6.71. The molecular formula is C33H50N6O4. The van der Waals surface area contributed by atoms with Gasteiger partial charge in [0.15, 0.2) is 11.5 Å². The average Bonchev–Trinajstić information content (AvgIpc) is 3.02. The van der Waals surface area contributed by atoms with Crippen molar-refractivity contribution in [1.82, 2.24) is 24.6 Å². The Bertz CT molecular complexity index is 1170. The molecule has 10 heteroatoms. The number of likely N-dealkylation sites (N-methyl/N-ethyl adjacent to an activating group) is 1. The first-order chi connectivity index (χ1) is 20.9. The summed E-state index contributed by atoms with van der Waals surface area (Å²) in [4.78, 5) is 36.0. The summed E-state index contributed by atoms with van der Waals surface area (Å²) in [5.41, 5.74) is 1.92. The summed E-state index contributed by atoms with van der Waals surface area (Å²) in [5, 5.41) is 6.83. The minimum atomic E-state index is -0.115. The average molecular weight is 595 g/mol. The number of fused-ring (bicyclic) bond motifs is 1. The number of amides is 2. The molecule has 43 heavy (non-hydrogen) atoms. The zero-order valence-electron chi connectivity index (χ0n) is 26.5. The number of benzene rings is 1. The third-order valence-corrected chi connectivity index (χ3v) is 9.23. The van der Waals surface area contributed by atoms with Crippen molar-refractivity contribution in [2.24, 2.45) is 16.9 Å². The van der Waals surface area contributed by atoms with E-state index in [1.807, 2.05) is 36.9 Å². The summed E-state index contributed by atoms with van der Waals surface area (Å²) in [6.07, 6.45) is 7.32. The van der Waals surface area contributed by atoms with Gasteiger partial charge in [0.05, 0.1) is 37.4 Å². The molecule has 236 valence electrons. The molecule has 3 heterocycles. The van der Waals surface area contributed by atoms with E-state index in [4.69, 9.17) is 14.6 Å². The van der Waals surface area contributed by atoms with Crippen molar-refractivity contribution in [3.05, 3.63) is 35.9 Å². The first-order valence-corrected chi connectivity index (χ1v) is 16.2. The number of ether oxygens (including phenoxy) is 2. The largest absolute Gasteiger partial charge is 0.490 e. The molecule has 0 saturated carbocycles. The second kappa shape index (κ2) is 14.7. The highest BCUT2D eigenvalue weighted by Crippen LogP contribution is 2.38. The highest BCUT2D eigenvalue weighted by molar-refractivity contribution is 6.07. The minimum absolute atomic E-state index is 0.00675. The van der Waals surface area contributed by atoms with Crippen LogP contribution in [0.25, 0.3) is 0 Å². The Balaban J connectivity index is 1.23. The zero-order chi connectivity index (χ0) is 30.3. The van der Waals surface area contributed by atoms with Gasteiger partial charge in [0.1, 0.15) is 0 Å². The summed E-state index contributed by atoms with van der Waals surface area (Å²) in [6.45, 7) is 12.9. The Labute approximate surface area is 257 Å². The molecule has 0 bridgehead atoms. The van der Waals surface area contributed by atoms with E-state index in [0.29, 0.717) is 38.6 Å². The van der Waals surface area contributed by atoms with Crippen LogP contribution in [0.5, 0.6) is 11.5 Å². The van der Waals surface area contributed by atoms with Gasteiger partial charge in [-0.3, -0.25) is 19.4 Å². The van der Waals surface area contributed by atoms with Crippen molar-refractivity contribution < 1.29 is 19.1 Å². The van der Waals surface area contributed by atoms with Gasteiger partial charge < -0.3 is 19.3 Å². The molecule has 2 fully saturated rings. The van der Waals surface area contributed by atoms with E-state index in [0.717, 1.165) is 82.0 Å². The Kier molecular flexibility index (Phi) is 10.7. The molecule has 1 aliphatic carbocycles. The zero-order valence-corrected chi connectivity index (χ0v) is 26.5. The number of piperidine rings is 1. The third-order valence-electron chi connectivity index (χ3n) is 9.23. The van der Waals surface area contributed by atoms with Crippen LogP contribution in [0.15, 0.2) is 35.5 Å². The Morgan fingerprint density at radius 2 is 1.56 bits per heavy atom. The number of piperazine rings is 1. The maximum absolute atomic E-state index is 13.8. The fourth-order valence-corrected chi connectivity index (χ4v) is 6.71. The van der Waals surface area contributed by atoms with E-state index in [9.17, 15) is 9.59 Å². The van der Waals surface area contributed by atoms with Crippen LogP contribution in [0.4, 0.5) is 0 Å². The van der Waals surface area contributed by atoms with Crippen LogP contribution in [0, 0.1) is 11.8 Å². The molecule has 2 atom stereocenters. The van der Waals surface area contributed by atoms with Crippen molar-refractivity contribution in [3.8, 4) is 11.5 Å². The first-order valence-electron chi connectivity index (χ1n) is 16.2. The van der Waals surface area contributed by atoms with Crippen molar-refractivity contribution in [2.75, 3.05) is 86.2 Å². The van der Waals surface area contributed by atoms with Gasteiger partial charge in [-0.05, 0) is 71.8 Å². The molecule has 3 aliphatic heterocycles. The summed E-state index contributed by atoms with van der Waals surface area (Å²) in [7, 11) is 4.21. The normalized spacial score (nSPS) is 23.8. The summed E-state index contributed by atoms with van der Waals surface area (Å²) < 4.78 is 11.7. The summed E-state index contributed by atoms with van der Waals surface area (Å²) in [6, 6.07) is 6.00. The van der Waals surface area contributed by atoms with Gasteiger partial charge in [-0.2, -0.15) is 5.10 Å². The number of carbonyl (C=O) groups is 2. The lowest BCUT2D eigenvalue weighted by molar-refractivity contribution is -0.142. The first kappa shape index (κ1) is 31.5. The molecule has 0 radical (unpaired) electrons. The van der Waals surface area contributed by atoms with Gasteiger partial charge in [0.25, 0.3) is 0 Å². The number of nitrogens with zero attached hydrogens (tertiary/aromatic N) is 6. The Morgan fingerprint density at radius 3 is 2.23 bits per heavy atom. The van der Waals surface area contributed by atoms with E-state index < -0.39 is 0 Å². The van der Waals surface area contributed by atoms with Gasteiger partial charge in [-0.1, -0.05) is 12.2 Å². The van der Waals surface area contributed by atoms with E-state index in [-0.39, 0.29) is 29.7 Å². The molecular weight excluding hydrogens is 544 g/mol. The molecule has 0 aromatic heterocycles. The lowest BCUT2D eigenvalue weighted by Gasteiger charge is -2.43. The molecule has 5 rings (SSSR count). The molecule has 1 aromatic rings. The van der Waals surface area contributed by atoms with Crippen LogP contribution < -0.4 is 9.47 Å². The summed E-state index contributed by atoms with van der Waals surface area (Å²) >= 11 is 0. The number of carbonyl (C=O) groups excluding carboxylic acids is 2. The number of rotatable bonds is 11. The van der Waals surface area contributed by atoms with Gasteiger partial charge in [0, 0.05) is 63.8 Å². The smallest absolute Gasteiger partial charge is 0.247 e. The second-order valence-electron chi connectivity index (χ2n) is 12.4. The van der Waals surface area contributed by atoms with Crippen LogP contribution in [0.2, 0.25) is 0 Å². The van der Waals surface area contributed by atoms with Crippen LogP contribution in [0.3, 0.4) is 0 Å². The van der Waals surface area contributed by atoms with Crippen LogP contribution in [-0.4, -0.2) is 134 Å². The summed E-state index contributed by atoms with van der Waals surface area (Å²) in [5.74, 6) is 1.68. The number of likely N-dealkylation sites (tertiary alicyclic amines) is 1. The Hall–Kier alpha value is -2.95. The second-order valence-corrected chi connectivity index (χ2v) is 12.4. The topological polar surface area (TPSA) is 81.2 Å². The van der Waals surface area contributed by atoms with Crippen molar-refractivity contribution in [3.63, 3.8) is 0 Å². The maximum atomic E-state index is 13.8. The van der Waals surface area contributed by atoms with Gasteiger partial charge in [-0.25, -0.2) is 5.01 Å². The lowest BCUT2D eigenvalue weighted by Crippen LogP contribution is -2.54. The standard InChI is InChI=1S/C33H50N6O4/c1-5-42-29-12-11-25(23-30(29)43-6-2)32-27-9-7-8-10-28(27)33(41)39(34-32)26-13-15-38(16-14-26)31(40)24-37-21-19-36(20-22-37)18-17-35(3)4/h7-8,11-12,23,26-28H,5-6,9-10,13-22,24H2,1-4H3/t27-,28+/m0/s1. The SMILES string of the molecule is CCOc1ccc(C2=NN(C3CCN(C(=O)CN4CCN(CCN(C)C)CC4)CC3)C(=O)[C@@H]3CC=CC[C@H]23)cc1OCC. The van der Waals surface area contributed by atoms with Gasteiger partial charge in [-0.15, -0.1) is 0 Å². The number of hydrogen-bond donors (Lipinski definition) is 0. The van der Waals surface area contributed by atoms with Crippen LogP contribution >= 0.6 is 0 Å². The van der Waals surface area contributed by atoms with Crippen molar-refractivity contribution in [2.45, 2.75) is 45.6 Å².